The minimum atomic E-state index is -0.497. The summed E-state index contributed by atoms with van der Waals surface area (Å²) in [5.74, 6) is 4.47. The molecule has 0 bridgehead atoms. The molecule has 1 N–H and O–H groups in total. The molecule has 3 aromatic rings. The molecule has 0 fully saturated rings. The van der Waals surface area contributed by atoms with Crippen LogP contribution < -0.4 is 19.5 Å². The SMILES string of the molecule is [CH3][Al][CH2]CC(=O)NCCOCCOCC1Oc2ccc(-c3ccc(C4=Nc5cc(C)ccc5OC4)cc3)cc2O1. The fourth-order valence-corrected chi connectivity index (χ4v) is 4.99. The predicted octanol–water partition coefficient (Wildman–Crippen LogP) is 4.98. The zero-order valence-corrected chi connectivity index (χ0v) is 24.1. The Kier molecular flexibility index (Phi) is 9.74. The fourth-order valence-electron chi connectivity index (χ4n) is 4.44. The van der Waals surface area contributed by atoms with Gasteiger partial charge in [-0.25, -0.2) is 4.99 Å². The first-order valence-corrected chi connectivity index (χ1v) is 15.7. The van der Waals surface area contributed by atoms with E-state index in [9.17, 15) is 4.79 Å². The maximum Gasteiger partial charge on any atom is 0.264 e. The van der Waals surface area contributed by atoms with Crippen molar-refractivity contribution in [2.24, 2.45) is 4.99 Å². The van der Waals surface area contributed by atoms with Crippen molar-refractivity contribution in [2.75, 3.05) is 39.6 Å². The van der Waals surface area contributed by atoms with Gasteiger partial charge in [0.05, 0.1) is 25.5 Å². The van der Waals surface area contributed by atoms with Crippen molar-refractivity contribution < 1.29 is 28.5 Å². The predicted molar refractivity (Wildman–Crippen MR) is 155 cm³/mol. The second kappa shape index (κ2) is 13.8. The van der Waals surface area contributed by atoms with Gasteiger partial charge in [0.1, 0.15) is 24.7 Å². The zero-order chi connectivity index (χ0) is 27.7. The van der Waals surface area contributed by atoms with Crippen LogP contribution in [-0.4, -0.2) is 72.7 Å². The van der Waals surface area contributed by atoms with Gasteiger partial charge >= 0.3 is 0 Å². The molecular weight excluding hydrogens is 523 g/mol. The lowest BCUT2D eigenvalue weighted by Gasteiger charge is -2.17. The van der Waals surface area contributed by atoms with E-state index in [2.05, 4.69) is 42.3 Å². The summed E-state index contributed by atoms with van der Waals surface area (Å²) in [6.07, 6.45) is 0.108. The van der Waals surface area contributed by atoms with E-state index in [1.807, 2.05) is 36.4 Å². The van der Waals surface area contributed by atoms with Gasteiger partial charge in [0.15, 0.2) is 26.7 Å². The van der Waals surface area contributed by atoms with E-state index >= 15 is 0 Å². The number of hydrogen-bond donors (Lipinski definition) is 1. The normalized spacial score (nSPS) is 15.2. The van der Waals surface area contributed by atoms with Crippen molar-refractivity contribution in [3.8, 4) is 28.4 Å². The Labute approximate surface area is 241 Å². The van der Waals surface area contributed by atoms with E-state index in [-0.39, 0.29) is 5.91 Å². The number of carbonyl (C=O) groups is 1. The van der Waals surface area contributed by atoms with Crippen molar-refractivity contribution >= 4 is 32.5 Å². The smallest absolute Gasteiger partial charge is 0.264 e. The van der Waals surface area contributed by atoms with Gasteiger partial charge in [-0.1, -0.05) is 41.7 Å². The van der Waals surface area contributed by atoms with Gasteiger partial charge in [0.2, 0.25) is 5.91 Å². The number of aryl methyl sites for hydroxylation is 1. The molecule has 8 nitrogen and oxygen atoms in total. The van der Waals surface area contributed by atoms with Gasteiger partial charge in [-0.15, -0.1) is 5.79 Å². The molecule has 2 heterocycles. The molecule has 1 atom stereocenters. The molecule has 207 valence electrons. The molecule has 1 radical (unpaired) electrons. The highest BCUT2D eigenvalue weighted by atomic mass is 27.1. The number of aliphatic imine (C=N–C) groups is 1. The Morgan fingerprint density at radius 2 is 1.68 bits per heavy atom. The molecule has 40 heavy (non-hydrogen) atoms. The van der Waals surface area contributed by atoms with E-state index in [4.69, 9.17) is 28.7 Å². The van der Waals surface area contributed by atoms with Crippen molar-refractivity contribution in [2.45, 2.75) is 30.7 Å². The summed E-state index contributed by atoms with van der Waals surface area (Å²) < 4.78 is 28.9. The third kappa shape index (κ3) is 7.43. The van der Waals surface area contributed by atoms with Gasteiger partial charge in [0.25, 0.3) is 6.29 Å². The lowest BCUT2D eigenvalue weighted by atomic mass is 10.0. The van der Waals surface area contributed by atoms with E-state index in [1.165, 1.54) is 0 Å². The number of fused-ring (bicyclic) bond motifs is 2. The summed E-state index contributed by atoms with van der Waals surface area (Å²) in [5.41, 5.74) is 6.09. The first-order valence-electron chi connectivity index (χ1n) is 13.7. The summed E-state index contributed by atoms with van der Waals surface area (Å²) in [6, 6.07) is 20.3. The highest BCUT2D eigenvalue weighted by molar-refractivity contribution is 6.33. The average Bonchev–Trinajstić information content (AvgIpc) is 3.39. The second-order valence-corrected chi connectivity index (χ2v) is 11.1. The summed E-state index contributed by atoms with van der Waals surface area (Å²) in [7, 11) is 0. The van der Waals surface area contributed by atoms with Crippen molar-refractivity contribution in [3.05, 3.63) is 71.8 Å². The molecule has 0 aromatic heterocycles. The largest absolute Gasteiger partial charge is 0.485 e. The fraction of sp³-hybridized carbons (Fsp3) is 0.355. The molecule has 1 unspecified atom stereocenters. The molecule has 2 aliphatic heterocycles. The summed E-state index contributed by atoms with van der Waals surface area (Å²) in [5, 5.41) is 3.85. The average molecular weight is 558 g/mol. The molecule has 0 aliphatic carbocycles. The molecule has 5 rings (SSSR count). The van der Waals surface area contributed by atoms with Crippen LogP contribution in [0, 0.1) is 6.92 Å². The molecular formula is C31H34AlN2O6. The van der Waals surface area contributed by atoms with Crippen LogP contribution in [0.2, 0.25) is 11.1 Å². The third-order valence-electron chi connectivity index (χ3n) is 6.60. The number of nitrogens with zero attached hydrogens (tertiary/aromatic N) is 1. The van der Waals surface area contributed by atoms with Gasteiger partial charge < -0.3 is 29.0 Å². The van der Waals surface area contributed by atoms with Gasteiger partial charge in [0, 0.05) is 13.0 Å². The maximum absolute atomic E-state index is 11.6. The van der Waals surface area contributed by atoms with E-state index in [0.29, 0.717) is 72.7 Å². The minimum Gasteiger partial charge on any atom is -0.485 e. The van der Waals surface area contributed by atoms with Crippen molar-refractivity contribution in [1.29, 1.82) is 0 Å². The summed E-state index contributed by atoms with van der Waals surface area (Å²) in [6.45, 7) is 4.65. The van der Waals surface area contributed by atoms with Gasteiger partial charge in [-0.3, -0.25) is 4.79 Å². The summed E-state index contributed by atoms with van der Waals surface area (Å²) in [4.78, 5) is 16.4. The minimum absolute atomic E-state index is 0.0931. The van der Waals surface area contributed by atoms with Crippen LogP contribution in [0.25, 0.3) is 11.1 Å². The molecule has 2 aliphatic rings. The van der Waals surface area contributed by atoms with Crippen LogP contribution in [0.1, 0.15) is 17.5 Å². The molecule has 1 amide bonds. The van der Waals surface area contributed by atoms with Crippen molar-refractivity contribution in [3.63, 3.8) is 0 Å². The Bertz CT molecular complexity index is 1340. The van der Waals surface area contributed by atoms with Crippen molar-refractivity contribution in [1.82, 2.24) is 5.32 Å². The third-order valence-corrected chi connectivity index (χ3v) is 7.47. The van der Waals surface area contributed by atoms with Crippen LogP contribution in [-0.2, 0) is 14.3 Å². The van der Waals surface area contributed by atoms with Crippen LogP contribution in [0.15, 0.2) is 65.7 Å². The molecule has 0 saturated heterocycles. The first-order chi connectivity index (χ1) is 19.6. The Morgan fingerprint density at radius 1 is 0.925 bits per heavy atom. The van der Waals surface area contributed by atoms with E-state index in [0.717, 1.165) is 44.7 Å². The lowest BCUT2D eigenvalue weighted by molar-refractivity contribution is -0.121. The zero-order valence-electron chi connectivity index (χ0n) is 23.0. The van der Waals surface area contributed by atoms with Gasteiger partial charge in [-0.05, 0) is 53.4 Å². The molecule has 0 saturated carbocycles. The Hall–Kier alpha value is -3.35. The highest BCUT2D eigenvalue weighted by Gasteiger charge is 2.25. The number of nitrogens with one attached hydrogen (secondary N) is 1. The van der Waals surface area contributed by atoms with Crippen LogP contribution in [0.3, 0.4) is 0 Å². The number of rotatable bonds is 13. The highest BCUT2D eigenvalue weighted by Crippen LogP contribution is 2.38. The first kappa shape index (κ1) is 28.2. The number of carbonyl (C=O) groups excluding carboxylic acids is 1. The van der Waals surface area contributed by atoms with Crippen LogP contribution in [0.5, 0.6) is 17.2 Å². The topological polar surface area (TPSA) is 87.6 Å². The quantitative estimate of drug-likeness (QED) is 0.236. The van der Waals surface area contributed by atoms with E-state index < -0.39 is 6.29 Å². The number of hydrogen-bond acceptors (Lipinski definition) is 7. The van der Waals surface area contributed by atoms with E-state index in [1.54, 1.807) is 0 Å². The number of ether oxygens (including phenoxy) is 5. The second-order valence-electron chi connectivity index (χ2n) is 9.71. The van der Waals surface area contributed by atoms with Crippen LogP contribution >= 0.6 is 0 Å². The van der Waals surface area contributed by atoms with Gasteiger partial charge in [-0.2, -0.15) is 0 Å². The number of amides is 1. The van der Waals surface area contributed by atoms with Crippen LogP contribution in [0.4, 0.5) is 5.69 Å². The molecule has 0 spiro atoms. The lowest BCUT2D eigenvalue weighted by Crippen LogP contribution is -2.28. The monoisotopic (exact) mass is 557 g/mol. The Balaban J connectivity index is 1.06. The number of benzene rings is 3. The maximum atomic E-state index is 11.6. The molecule has 9 heteroatoms. The summed E-state index contributed by atoms with van der Waals surface area (Å²) >= 11 is 0.370. The Morgan fingerprint density at radius 3 is 2.52 bits per heavy atom. The standard InChI is InChI=1S/C30H31N2O6.CH3.Al/c1-3-29(33)31-12-13-34-14-15-35-19-30-37-27-11-9-23(17-28(27)38-30)21-5-7-22(8-6-21)25-18-36-26-10-4-20(2)16-24(26)32-25;;/h4-11,16-17,30H,1,3,12-15,18-19H2,2H3,(H,31,33);1H3;. The molecule has 3 aromatic carbocycles.